The molecule has 0 fully saturated rings. The minimum Gasteiger partial charge on any atom is -0.309 e. The van der Waals surface area contributed by atoms with Crippen molar-refractivity contribution < 1.29 is 0 Å². The summed E-state index contributed by atoms with van der Waals surface area (Å²) >= 11 is 0. The Morgan fingerprint density at radius 3 is 1.89 bits per heavy atom. The first kappa shape index (κ1) is 32.0. The van der Waals surface area contributed by atoms with E-state index in [4.69, 9.17) is 15.0 Å². The molecule has 1 unspecified atom stereocenters. The number of rotatable bonds is 6. The summed E-state index contributed by atoms with van der Waals surface area (Å²) in [6.45, 7) is 0. The van der Waals surface area contributed by atoms with Crippen LogP contribution in [0.5, 0.6) is 0 Å². The van der Waals surface area contributed by atoms with Crippen LogP contribution in [0.2, 0.25) is 0 Å². The molecule has 1 aliphatic rings. The van der Waals surface area contributed by atoms with Gasteiger partial charge in [-0.25, -0.2) is 9.97 Å². The van der Waals surface area contributed by atoms with Crippen LogP contribution >= 0.6 is 0 Å². The second kappa shape index (κ2) is 12.9. The standard InChI is InChI=1S/C52H34N4/c1-4-16-35(17-5-1)45-33-46(55-51(54-45)36-18-6-2-7-19-36)37-20-14-24-40(32-37)56-47-28-13-11-26-43(47)49-48(56)30-29-42-41-25-10-12-27-44(41)52(50(42)49,38-21-8-3-9-22-38)39-23-15-31-53-34-39/h1-34H. The van der Waals surface area contributed by atoms with Crippen molar-refractivity contribution in [3.63, 3.8) is 0 Å². The van der Waals surface area contributed by atoms with E-state index in [1.165, 1.54) is 38.6 Å². The fourth-order valence-corrected chi connectivity index (χ4v) is 9.04. The molecule has 262 valence electrons. The molecule has 0 radical (unpaired) electrons. The quantitative estimate of drug-likeness (QED) is 0.172. The average molecular weight is 715 g/mol. The van der Waals surface area contributed by atoms with Gasteiger partial charge in [0, 0.05) is 45.5 Å². The lowest BCUT2D eigenvalue weighted by Gasteiger charge is -2.34. The lowest BCUT2D eigenvalue weighted by Crippen LogP contribution is -2.29. The highest BCUT2D eigenvalue weighted by Crippen LogP contribution is 2.59. The predicted octanol–water partition coefficient (Wildman–Crippen LogP) is 12.3. The molecule has 0 saturated carbocycles. The molecular formula is C52H34N4. The van der Waals surface area contributed by atoms with Gasteiger partial charge in [-0.2, -0.15) is 0 Å². The van der Waals surface area contributed by atoms with Crippen LogP contribution in [0.25, 0.3) is 72.5 Å². The van der Waals surface area contributed by atoms with Gasteiger partial charge in [0.1, 0.15) is 0 Å². The number of aromatic nitrogens is 4. The van der Waals surface area contributed by atoms with Gasteiger partial charge in [0.15, 0.2) is 5.82 Å². The summed E-state index contributed by atoms with van der Waals surface area (Å²) in [5.74, 6) is 0.701. The molecule has 56 heavy (non-hydrogen) atoms. The maximum Gasteiger partial charge on any atom is 0.160 e. The average Bonchev–Trinajstić information content (AvgIpc) is 3.78. The van der Waals surface area contributed by atoms with E-state index >= 15 is 0 Å². The van der Waals surface area contributed by atoms with Crippen LogP contribution in [0.4, 0.5) is 0 Å². The van der Waals surface area contributed by atoms with E-state index in [-0.39, 0.29) is 0 Å². The molecule has 0 saturated heterocycles. The van der Waals surface area contributed by atoms with E-state index in [9.17, 15) is 0 Å². The Labute approximate surface area is 325 Å². The minimum absolute atomic E-state index is 0.583. The molecule has 0 N–H and O–H groups in total. The Hall–Kier alpha value is -7.43. The molecular weight excluding hydrogens is 681 g/mol. The zero-order chi connectivity index (χ0) is 37.1. The van der Waals surface area contributed by atoms with Crippen LogP contribution in [0.15, 0.2) is 207 Å². The Morgan fingerprint density at radius 2 is 1.11 bits per heavy atom. The van der Waals surface area contributed by atoms with Gasteiger partial charge < -0.3 is 4.57 Å². The molecule has 3 aromatic heterocycles. The SMILES string of the molecule is c1ccc(-c2cc(-c3cccc(-n4c5ccccc5c5c6c(ccc54)-c4ccccc4C6(c4ccccc4)c4cccnc4)c3)nc(-c3ccccc3)n2)cc1. The molecule has 1 aliphatic carbocycles. The van der Waals surface area contributed by atoms with E-state index in [2.05, 4.69) is 181 Å². The zero-order valence-electron chi connectivity index (χ0n) is 30.4. The number of fused-ring (bicyclic) bond motifs is 7. The Balaban J connectivity index is 1.18. The highest BCUT2D eigenvalue weighted by Gasteiger charge is 2.48. The number of hydrogen-bond donors (Lipinski definition) is 0. The lowest BCUT2D eigenvalue weighted by atomic mass is 9.67. The molecule has 0 bridgehead atoms. The van der Waals surface area contributed by atoms with E-state index in [1.54, 1.807) is 0 Å². The summed E-state index contributed by atoms with van der Waals surface area (Å²) in [6, 6.07) is 69.1. The minimum atomic E-state index is -0.583. The van der Waals surface area contributed by atoms with Crippen LogP contribution in [0, 0.1) is 0 Å². The summed E-state index contributed by atoms with van der Waals surface area (Å²) in [5, 5.41) is 2.45. The van der Waals surface area contributed by atoms with Crippen molar-refractivity contribution in [3.8, 4) is 50.7 Å². The summed E-state index contributed by atoms with van der Waals surface area (Å²) < 4.78 is 2.42. The molecule has 10 aromatic rings. The normalized spacial score (nSPS) is 14.5. The molecule has 0 aliphatic heterocycles. The summed E-state index contributed by atoms with van der Waals surface area (Å²) in [6.07, 6.45) is 3.92. The van der Waals surface area contributed by atoms with Crippen molar-refractivity contribution in [2.45, 2.75) is 5.41 Å². The van der Waals surface area contributed by atoms with Crippen LogP contribution < -0.4 is 0 Å². The van der Waals surface area contributed by atoms with Gasteiger partial charge in [-0.1, -0.05) is 158 Å². The van der Waals surface area contributed by atoms with E-state index in [0.29, 0.717) is 5.82 Å². The summed E-state index contributed by atoms with van der Waals surface area (Å²) in [4.78, 5) is 14.9. The van der Waals surface area contributed by atoms with Crippen LogP contribution in [0.1, 0.15) is 22.3 Å². The van der Waals surface area contributed by atoms with Gasteiger partial charge in [-0.05, 0) is 69.8 Å². The molecule has 0 spiro atoms. The van der Waals surface area contributed by atoms with Crippen molar-refractivity contribution >= 4 is 21.8 Å². The topological polar surface area (TPSA) is 43.6 Å². The summed E-state index contributed by atoms with van der Waals surface area (Å²) in [7, 11) is 0. The Morgan fingerprint density at radius 1 is 0.446 bits per heavy atom. The second-order valence-electron chi connectivity index (χ2n) is 14.4. The van der Waals surface area contributed by atoms with Gasteiger partial charge in [-0.3, -0.25) is 4.98 Å². The number of para-hydroxylation sites is 1. The Kier molecular flexibility index (Phi) is 7.36. The van der Waals surface area contributed by atoms with Crippen molar-refractivity contribution in [1.82, 2.24) is 19.5 Å². The van der Waals surface area contributed by atoms with E-state index < -0.39 is 5.41 Å². The monoisotopic (exact) mass is 714 g/mol. The second-order valence-corrected chi connectivity index (χ2v) is 14.4. The molecule has 4 nitrogen and oxygen atoms in total. The largest absolute Gasteiger partial charge is 0.309 e. The molecule has 11 rings (SSSR count). The van der Waals surface area contributed by atoms with E-state index in [0.717, 1.165) is 50.4 Å². The molecule has 7 aromatic carbocycles. The van der Waals surface area contributed by atoms with Crippen molar-refractivity contribution in [1.29, 1.82) is 0 Å². The smallest absolute Gasteiger partial charge is 0.160 e. The Bertz CT molecular complexity index is 2960. The van der Waals surface area contributed by atoms with Gasteiger partial charge >= 0.3 is 0 Å². The molecule has 1 atom stereocenters. The predicted molar refractivity (Wildman–Crippen MR) is 228 cm³/mol. The first-order valence-electron chi connectivity index (χ1n) is 19.0. The highest BCUT2D eigenvalue weighted by molar-refractivity contribution is 6.15. The first-order valence-corrected chi connectivity index (χ1v) is 19.0. The van der Waals surface area contributed by atoms with Gasteiger partial charge in [0.25, 0.3) is 0 Å². The number of benzene rings is 7. The maximum atomic E-state index is 5.18. The van der Waals surface area contributed by atoms with Crippen LogP contribution in [-0.2, 0) is 5.41 Å². The third-order valence-electron chi connectivity index (χ3n) is 11.4. The molecule has 0 amide bonds. The third kappa shape index (κ3) is 4.83. The van der Waals surface area contributed by atoms with Gasteiger partial charge in [-0.15, -0.1) is 0 Å². The fourth-order valence-electron chi connectivity index (χ4n) is 9.04. The van der Waals surface area contributed by atoms with Gasteiger partial charge in [0.05, 0.1) is 27.8 Å². The third-order valence-corrected chi connectivity index (χ3v) is 11.4. The first-order chi connectivity index (χ1) is 27.8. The van der Waals surface area contributed by atoms with Crippen molar-refractivity contribution in [3.05, 3.63) is 229 Å². The van der Waals surface area contributed by atoms with E-state index in [1.807, 2.05) is 30.5 Å². The number of hydrogen-bond acceptors (Lipinski definition) is 3. The van der Waals surface area contributed by atoms with Crippen molar-refractivity contribution in [2.75, 3.05) is 0 Å². The zero-order valence-corrected chi connectivity index (χ0v) is 30.4. The van der Waals surface area contributed by atoms with Crippen molar-refractivity contribution in [2.24, 2.45) is 0 Å². The molecule has 4 heteroatoms. The summed E-state index contributed by atoms with van der Waals surface area (Å²) in [5.41, 5.74) is 15.0. The van der Waals surface area contributed by atoms with Gasteiger partial charge in [0.2, 0.25) is 0 Å². The fraction of sp³-hybridized carbons (Fsp3) is 0.0192. The van der Waals surface area contributed by atoms with Crippen LogP contribution in [0.3, 0.4) is 0 Å². The lowest BCUT2D eigenvalue weighted by molar-refractivity contribution is 0.770. The molecule has 3 heterocycles. The maximum absolute atomic E-state index is 5.18. The number of pyridine rings is 1. The highest BCUT2D eigenvalue weighted by atomic mass is 15.0. The van der Waals surface area contributed by atoms with Crippen LogP contribution in [-0.4, -0.2) is 19.5 Å². The number of nitrogens with zero attached hydrogens (tertiary/aromatic N) is 4.